The number of imide groups is 1. The number of para-hydroxylation sites is 1. The molecule has 0 bridgehead atoms. The number of methoxy groups -OCH3 is 2. The molecule has 0 N–H and O–H groups in total. The molecule has 6 nitrogen and oxygen atoms in total. The van der Waals surface area contributed by atoms with Crippen LogP contribution >= 0.6 is 0 Å². The fraction of sp³-hybridized carbons (Fsp3) is 0.364. The molecule has 0 aromatic heterocycles. The lowest BCUT2D eigenvalue weighted by Gasteiger charge is -2.20. The first-order valence-corrected chi connectivity index (χ1v) is 9.40. The summed E-state index contributed by atoms with van der Waals surface area (Å²) < 4.78 is 10.8. The summed E-state index contributed by atoms with van der Waals surface area (Å²) in [4.78, 5) is 28.3. The van der Waals surface area contributed by atoms with Gasteiger partial charge in [0.25, 0.3) is 11.8 Å². The summed E-state index contributed by atoms with van der Waals surface area (Å²) in [5.41, 5.74) is 2.08. The predicted octanol–water partition coefficient (Wildman–Crippen LogP) is 3.21. The molecule has 2 aromatic rings. The highest BCUT2D eigenvalue weighted by molar-refractivity contribution is 6.21. The first kappa shape index (κ1) is 19.9. The maximum atomic E-state index is 12.4. The number of hydrogen-bond donors (Lipinski definition) is 0. The topological polar surface area (TPSA) is 59.1 Å². The second-order valence-electron chi connectivity index (χ2n) is 6.91. The minimum Gasteiger partial charge on any atom is -0.493 e. The zero-order chi connectivity index (χ0) is 20.1. The molecule has 28 heavy (non-hydrogen) atoms. The van der Waals surface area contributed by atoms with Crippen LogP contribution in [-0.4, -0.2) is 56.0 Å². The first-order valence-electron chi connectivity index (χ1n) is 9.40. The number of unbranched alkanes of at least 4 members (excludes halogenated alkanes) is 1. The molecular formula is C22H26N2O4. The third kappa shape index (κ3) is 4.02. The van der Waals surface area contributed by atoms with Gasteiger partial charge in [-0.25, -0.2) is 0 Å². The zero-order valence-electron chi connectivity index (χ0n) is 16.6. The van der Waals surface area contributed by atoms with Crippen LogP contribution in [0.4, 0.5) is 0 Å². The van der Waals surface area contributed by atoms with E-state index in [1.54, 1.807) is 38.5 Å². The molecule has 0 saturated heterocycles. The lowest BCUT2D eigenvalue weighted by atomic mass is 10.1. The van der Waals surface area contributed by atoms with Gasteiger partial charge in [-0.15, -0.1) is 0 Å². The fourth-order valence-electron chi connectivity index (χ4n) is 3.54. The second-order valence-corrected chi connectivity index (χ2v) is 6.91. The van der Waals surface area contributed by atoms with Gasteiger partial charge in [0.15, 0.2) is 11.5 Å². The minimum atomic E-state index is -0.185. The molecule has 0 fully saturated rings. The number of hydrogen-bond acceptors (Lipinski definition) is 5. The highest BCUT2D eigenvalue weighted by Crippen LogP contribution is 2.31. The Labute approximate surface area is 165 Å². The van der Waals surface area contributed by atoms with Crippen LogP contribution in [-0.2, 0) is 6.54 Å². The molecule has 2 amide bonds. The van der Waals surface area contributed by atoms with E-state index in [4.69, 9.17) is 9.47 Å². The summed E-state index contributed by atoms with van der Waals surface area (Å²) in [6.07, 6.45) is 1.65. The SMILES string of the molecule is COc1cccc(CN(C)CCCCN2C(=O)c3ccccc3C2=O)c1OC. The van der Waals surface area contributed by atoms with Crippen molar-refractivity contribution >= 4 is 11.8 Å². The Morgan fingerprint density at radius 3 is 2.18 bits per heavy atom. The molecule has 0 atom stereocenters. The van der Waals surface area contributed by atoms with E-state index in [0.29, 0.717) is 17.7 Å². The number of ether oxygens (including phenoxy) is 2. The van der Waals surface area contributed by atoms with Crippen molar-refractivity contribution in [3.8, 4) is 11.5 Å². The van der Waals surface area contributed by atoms with Crippen molar-refractivity contribution in [3.05, 3.63) is 59.2 Å². The summed E-state index contributed by atoms with van der Waals surface area (Å²) in [6.45, 7) is 2.03. The number of amides is 2. The van der Waals surface area contributed by atoms with Crippen molar-refractivity contribution in [2.75, 3.05) is 34.4 Å². The van der Waals surface area contributed by atoms with Crippen molar-refractivity contribution in [1.82, 2.24) is 9.80 Å². The van der Waals surface area contributed by atoms with Gasteiger partial charge in [0.2, 0.25) is 0 Å². The third-order valence-corrected chi connectivity index (χ3v) is 4.97. The molecule has 1 aliphatic heterocycles. The van der Waals surface area contributed by atoms with Crippen LogP contribution < -0.4 is 9.47 Å². The lowest BCUT2D eigenvalue weighted by Crippen LogP contribution is -2.31. The Kier molecular flexibility index (Phi) is 6.31. The molecule has 0 saturated carbocycles. The van der Waals surface area contributed by atoms with Gasteiger partial charge >= 0.3 is 0 Å². The molecule has 3 rings (SSSR count). The fourth-order valence-corrected chi connectivity index (χ4v) is 3.54. The standard InChI is InChI=1S/C22H26N2O4/c1-23(15-16-9-8-12-19(27-2)20(16)28-3)13-6-7-14-24-21(25)17-10-4-5-11-18(17)22(24)26/h4-5,8-12H,6-7,13-15H2,1-3H3. The maximum absolute atomic E-state index is 12.4. The Hall–Kier alpha value is -2.86. The monoisotopic (exact) mass is 382 g/mol. The number of nitrogens with zero attached hydrogens (tertiary/aromatic N) is 2. The summed E-state index contributed by atoms with van der Waals surface area (Å²) in [6, 6.07) is 12.9. The Bertz CT molecular complexity index is 830. The van der Waals surface area contributed by atoms with E-state index in [1.165, 1.54) is 4.90 Å². The first-order chi connectivity index (χ1) is 13.6. The van der Waals surface area contributed by atoms with Crippen LogP contribution in [0.5, 0.6) is 11.5 Å². The molecule has 6 heteroatoms. The molecule has 0 spiro atoms. The van der Waals surface area contributed by atoms with Crippen molar-refractivity contribution in [2.24, 2.45) is 0 Å². The Morgan fingerprint density at radius 2 is 1.57 bits per heavy atom. The van der Waals surface area contributed by atoms with Gasteiger partial charge in [-0.05, 0) is 44.6 Å². The van der Waals surface area contributed by atoms with E-state index in [9.17, 15) is 9.59 Å². The van der Waals surface area contributed by atoms with E-state index >= 15 is 0 Å². The second kappa shape index (κ2) is 8.89. The predicted molar refractivity (Wildman–Crippen MR) is 107 cm³/mol. The van der Waals surface area contributed by atoms with Gasteiger partial charge < -0.3 is 14.4 Å². The van der Waals surface area contributed by atoms with Gasteiger partial charge in [0.05, 0.1) is 25.3 Å². The maximum Gasteiger partial charge on any atom is 0.261 e. The zero-order valence-corrected chi connectivity index (χ0v) is 16.6. The average molecular weight is 382 g/mol. The molecule has 2 aromatic carbocycles. The van der Waals surface area contributed by atoms with Gasteiger partial charge in [0, 0.05) is 18.7 Å². The number of carbonyl (C=O) groups is 2. The highest BCUT2D eigenvalue weighted by atomic mass is 16.5. The van der Waals surface area contributed by atoms with E-state index in [2.05, 4.69) is 4.90 Å². The number of benzene rings is 2. The molecule has 0 unspecified atom stereocenters. The Balaban J connectivity index is 1.49. The van der Waals surface area contributed by atoms with Crippen LogP contribution in [0.15, 0.2) is 42.5 Å². The largest absolute Gasteiger partial charge is 0.493 e. The smallest absolute Gasteiger partial charge is 0.261 e. The van der Waals surface area contributed by atoms with Crippen molar-refractivity contribution < 1.29 is 19.1 Å². The molecule has 1 heterocycles. The van der Waals surface area contributed by atoms with Gasteiger partial charge in [-0.2, -0.15) is 0 Å². The van der Waals surface area contributed by atoms with E-state index < -0.39 is 0 Å². The molecule has 0 aliphatic carbocycles. The normalized spacial score (nSPS) is 13.2. The summed E-state index contributed by atoms with van der Waals surface area (Å²) in [5, 5.41) is 0. The number of carbonyl (C=O) groups excluding carboxylic acids is 2. The quantitative estimate of drug-likeness (QED) is 0.492. The van der Waals surface area contributed by atoms with Gasteiger partial charge in [0.1, 0.15) is 0 Å². The summed E-state index contributed by atoms with van der Waals surface area (Å²) in [7, 11) is 5.31. The van der Waals surface area contributed by atoms with Crippen LogP contribution in [0.3, 0.4) is 0 Å². The highest BCUT2D eigenvalue weighted by Gasteiger charge is 2.34. The van der Waals surface area contributed by atoms with E-state index in [1.807, 2.05) is 25.2 Å². The van der Waals surface area contributed by atoms with Gasteiger partial charge in [-0.1, -0.05) is 24.3 Å². The van der Waals surface area contributed by atoms with Crippen LogP contribution in [0.25, 0.3) is 0 Å². The van der Waals surface area contributed by atoms with Crippen molar-refractivity contribution in [2.45, 2.75) is 19.4 Å². The van der Waals surface area contributed by atoms with Crippen molar-refractivity contribution in [1.29, 1.82) is 0 Å². The Morgan fingerprint density at radius 1 is 0.893 bits per heavy atom. The number of rotatable bonds is 9. The van der Waals surface area contributed by atoms with Crippen LogP contribution in [0.1, 0.15) is 39.1 Å². The molecule has 1 aliphatic rings. The molecular weight excluding hydrogens is 356 g/mol. The van der Waals surface area contributed by atoms with Crippen molar-refractivity contribution in [3.63, 3.8) is 0 Å². The van der Waals surface area contributed by atoms with Gasteiger partial charge in [-0.3, -0.25) is 14.5 Å². The molecule has 148 valence electrons. The molecule has 0 radical (unpaired) electrons. The number of fused-ring (bicyclic) bond motifs is 1. The minimum absolute atomic E-state index is 0.185. The van der Waals surface area contributed by atoms with E-state index in [0.717, 1.165) is 43.0 Å². The lowest BCUT2D eigenvalue weighted by molar-refractivity contribution is 0.0650. The summed E-state index contributed by atoms with van der Waals surface area (Å²) in [5.74, 6) is 1.10. The average Bonchev–Trinajstić information content (AvgIpc) is 2.95. The third-order valence-electron chi connectivity index (χ3n) is 4.97. The van der Waals surface area contributed by atoms with E-state index in [-0.39, 0.29) is 11.8 Å². The van der Waals surface area contributed by atoms with Crippen LogP contribution in [0, 0.1) is 0 Å². The summed E-state index contributed by atoms with van der Waals surface area (Å²) >= 11 is 0. The van der Waals surface area contributed by atoms with Crippen LogP contribution in [0.2, 0.25) is 0 Å².